The summed E-state index contributed by atoms with van der Waals surface area (Å²) in [5.74, 6) is 0.0127. The van der Waals surface area contributed by atoms with Crippen molar-refractivity contribution in [1.82, 2.24) is 0 Å². The van der Waals surface area contributed by atoms with E-state index >= 15 is 0 Å². The van der Waals surface area contributed by atoms with E-state index in [0.29, 0.717) is 12.8 Å². The third-order valence-corrected chi connectivity index (χ3v) is 2.59. The molecule has 0 saturated carbocycles. The highest BCUT2D eigenvalue weighted by atomic mass is 16.5. The SMILES string of the molecule is COCC(=O)CCC(C)(O)c1ccccc1. The second-order valence-electron chi connectivity index (χ2n) is 4.11. The number of rotatable bonds is 6. The van der Waals surface area contributed by atoms with Crippen molar-refractivity contribution in [3.63, 3.8) is 0 Å². The fourth-order valence-electron chi connectivity index (χ4n) is 1.56. The van der Waals surface area contributed by atoms with Crippen molar-refractivity contribution < 1.29 is 14.6 Å². The van der Waals surface area contributed by atoms with E-state index in [-0.39, 0.29) is 12.4 Å². The lowest BCUT2D eigenvalue weighted by atomic mass is 9.90. The molecule has 3 heteroatoms. The molecule has 1 unspecified atom stereocenters. The minimum atomic E-state index is -0.954. The number of aliphatic hydroxyl groups is 1. The van der Waals surface area contributed by atoms with Crippen molar-refractivity contribution in [3.05, 3.63) is 35.9 Å². The number of methoxy groups -OCH3 is 1. The Bertz CT molecular complexity index is 330. The monoisotopic (exact) mass is 222 g/mol. The molecule has 1 atom stereocenters. The zero-order chi connectivity index (χ0) is 12.0. The largest absolute Gasteiger partial charge is 0.385 e. The molecule has 1 N–H and O–H groups in total. The summed E-state index contributed by atoms with van der Waals surface area (Å²) in [6.07, 6.45) is 0.745. The van der Waals surface area contributed by atoms with E-state index in [1.165, 1.54) is 7.11 Å². The van der Waals surface area contributed by atoms with Crippen LogP contribution >= 0.6 is 0 Å². The predicted octanol–water partition coefficient (Wildman–Crippen LogP) is 1.89. The van der Waals surface area contributed by atoms with Gasteiger partial charge in [0.1, 0.15) is 6.61 Å². The number of benzene rings is 1. The molecule has 3 nitrogen and oxygen atoms in total. The molecule has 0 aliphatic heterocycles. The summed E-state index contributed by atoms with van der Waals surface area (Å²) in [6.45, 7) is 1.84. The molecular weight excluding hydrogens is 204 g/mol. The average molecular weight is 222 g/mol. The molecule has 0 fully saturated rings. The van der Waals surface area contributed by atoms with Crippen LogP contribution in [0.3, 0.4) is 0 Å². The maximum absolute atomic E-state index is 11.3. The Morgan fingerprint density at radius 2 is 2.00 bits per heavy atom. The first kappa shape index (κ1) is 12.9. The third-order valence-electron chi connectivity index (χ3n) is 2.59. The Labute approximate surface area is 96.1 Å². The first-order valence-electron chi connectivity index (χ1n) is 5.35. The highest BCUT2D eigenvalue weighted by Gasteiger charge is 2.23. The molecule has 0 heterocycles. The molecule has 0 saturated heterocycles. The van der Waals surface area contributed by atoms with Crippen LogP contribution in [0.4, 0.5) is 0 Å². The first-order chi connectivity index (χ1) is 7.56. The summed E-state index contributed by atoms with van der Waals surface area (Å²) in [5, 5.41) is 10.2. The summed E-state index contributed by atoms with van der Waals surface area (Å²) in [6, 6.07) is 9.37. The Morgan fingerprint density at radius 1 is 1.38 bits per heavy atom. The Kier molecular flexibility index (Phi) is 4.65. The lowest BCUT2D eigenvalue weighted by Gasteiger charge is -2.23. The van der Waals surface area contributed by atoms with Gasteiger partial charge in [0.25, 0.3) is 0 Å². The molecule has 0 spiro atoms. The summed E-state index contributed by atoms with van der Waals surface area (Å²) in [4.78, 5) is 11.3. The van der Waals surface area contributed by atoms with E-state index < -0.39 is 5.60 Å². The average Bonchev–Trinajstić information content (AvgIpc) is 2.28. The number of Topliss-reactive ketones (excluding diaryl/α,β-unsaturated/α-hetero) is 1. The van der Waals surface area contributed by atoms with Gasteiger partial charge in [-0.2, -0.15) is 0 Å². The van der Waals surface area contributed by atoms with Crippen LogP contribution < -0.4 is 0 Å². The van der Waals surface area contributed by atoms with Gasteiger partial charge in [0.2, 0.25) is 0 Å². The van der Waals surface area contributed by atoms with Gasteiger partial charge in [0.05, 0.1) is 5.60 Å². The third kappa shape index (κ3) is 3.76. The molecular formula is C13H18O3. The van der Waals surface area contributed by atoms with E-state index in [1.54, 1.807) is 6.92 Å². The lowest BCUT2D eigenvalue weighted by Crippen LogP contribution is -2.23. The molecule has 0 amide bonds. The van der Waals surface area contributed by atoms with Crippen LogP contribution in [0.25, 0.3) is 0 Å². The molecule has 88 valence electrons. The highest BCUT2D eigenvalue weighted by molar-refractivity contribution is 5.79. The van der Waals surface area contributed by atoms with Crippen LogP contribution in [0, 0.1) is 0 Å². The highest BCUT2D eigenvalue weighted by Crippen LogP contribution is 2.25. The lowest BCUT2D eigenvalue weighted by molar-refractivity contribution is -0.123. The van der Waals surface area contributed by atoms with E-state index in [4.69, 9.17) is 4.74 Å². The van der Waals surface area contributed by atoms with Gasteiger partial charge in [0.15, 0.2) is 5.78 Å². The van der Waals surface area contributed by atoms with Gasteiger partial charge in [-0.3, -0.25) is 4.79 Å². The number of hydrogen-bond acceptors (Lipinski definition) is 3. The number of ether oxygens (including phenoxy) is 1. The molecule has 0 aromatic heterocycles. The quantitative estimate of drug-likeness (QED) is 0.799. The van der Waals surface area contributed by atoms with Crippen molar-refractivity contribution >= 4 is 5.78 Å². The topological polar surface area (TPSA) is 46.5 Å². The molecule has 0 radical (unpaired) electrons. The molecule has 16 heavy (non-hydrogen) atoms. The molecule has 0 aliphatic carbocycles. The second-order valence-corrected chi connectivity index (χ2v) is 4.11. The first-order valence-corrected chi connectivity index (χ1v) is 5.35. The molecule has 0 bridgehead atoms. The maximum Gasteiger partial charge on any atom is 0.158 e. The van der Waals surface area contributed by atoms with Gasteiger partial charge in [-0.25, -0.2) is 0 Å². The normalized spacial score (nSPS) is 14.4. The van der Waals surface area contributed by atoms with Crippen LogP contribution in [0.5, 0.6) is 0 Å². The smallest absolute Gasteiger partial charge is 0.158 e. The standard InChI is InChI=1S/C13H18O3/c1-13(15,9-8-12(14)10-16-2)11-6-4-3-5-7-11/h3-7,15H,8-10H2,1-2H3. The number of hydrogen-bond donors (Lipinski definition) is 1. The van der Waals surface area contributed by atoms with E-state index in [9.17, 15) is 9.90 Å². The second kappa shape index (κ2) is 5.77. The van der Waals surface area contributed by atoms with E-state index in [0.717, 1.165) is 5.56 Å². The van der Waals surface area contributed by atoms with Crippen LogP contribution in [-0.2, 0) is 15.1 Å². The van der Waals surface area contributed by atoms with E-state index in [1.807, 2.05) is 30.3 Å². The summed E-state index contributed by atoms with van der Waals surface area (Å²) < 4.78 is 4.74. The zero-order valence-corrected chi connectivity index (χ0v) is 9.77. The van der Waals surface area contributed by atoms with E-state index in [2.05, 4.69) is 0 Å². The van der Waals surface area contributed by atoms with Crippen molar-refractivity contribution in [2.45, 2.75) is 25.4 Å². The van der Waals surface area contributed by atoms with Crippen LogP contribution in [0.1, 0.15) is 25.3 Å². The van der Waals surface area contributed by atoms with Gasteiger partial charge < -0.3 is 9.84 Å². The van der Waals surface area contributed by atoms with Gasteiger partial charge in [-0.1, -0.05) is 30.3 Å². The number of carbonyl (C=O) groups is 1. The van der Waals surface area contributed by atoms with Gasteiger partial charge in [-0.15, -0.1) is 0 Å². The van der Waals surface area contributed by atoms with Gasteiger partial charge in [0, 0.05) is 13.5 Å². The summed E-state index contributed by atoms with van der Waals surface area (Å²) in [5.41, 5.74) is -0.120. The van der Waals surface area contributed by atoms with Crippen molar-refractivity contribution in [2.24, 2.45) is 0 Å². The van der Waals surface area contributed by atoms with Crippen molar-refractivity contribution in [3.8, 4) is 0 Å². The number of carbonyl (C=O) groups excluding carboxylic acids is 1. The fourth-order valence-corrected chi connectivity index (χ4v) is 1.56. The van der Waals surface area contributed by atoms with Crippen LogP contribution in [0.2, 0.25) is 0 Å². The van der Waals surface area contributed by atoms with Crippen LogP contribution in [0.15, 0.2) is 30.3 Å². The van der Waals surface area contributed by atoms with Crippen molar-refractivity contribution in [2.75, 3.05) is 13.7 Å². The number of ketones is 1. The molecule has 1 aromatic rings. The van der Waals surface area contributed by atoms with Crippen LogP contribution in [-0.4, -0.2) is 24.6 Å². The van der Waals surface area contributed by atoms with Gasteiger partial charge in [-0.05, 0) is 18.9 Å². The Balaban J connectivity index is 2.55. The Morgan fingerprint density at radius 3 is 2.56 bits per heavy atom. The summed E-state index contributed by atoms with van der Waals surface area (Å²) >= 11 is 0. The Hall–Kier alpha value is -1.19. The minimum absolute atomic E-state index is 0.0127. The molecule has 0 aliphatic rings. The summed E-state index contributed by atoms with van der Waals surface area (Å²) in [7, 11) is 1.49. The fraction of sp³-hybridized carbons (Fsp3) is 0.462. The molecule has 1 aromatic carbocycles. The van der Waals surface area contributed by atoms with Gasteiger partial charge >= 0.3 is 0 Å². The minimum Gasteiger partial charge on any atom is -0.385 e. The predicted molar refractivity (Wildman–Crippen MR) is 62.1 cm³/mol. The maximum atomic E-state index is 11.3. The van der Waals surface area contributed by atoms with Crippen molar-refractivity contribution in [1.29, 1.82) is 0 Å². The molecule has 1 rings (SSSR count). The zero-order valence-electron chi connectivity index (χ0n) is 9.77.